The fourth-order valence-electron chi connectivity index (χ4n) is 8.12. The molecule has 0 spiro atoms. The minimum Gasteiger partial charge on any atom is -0.381 e. The van der Waals surface area contributed by atoms with Crippen LogP contribution in [0.3, 0.4) is 0 Å². The molecule has 0 amide bonds. The lowest BCUT2D eigenvalue weighted by atomic mass is 9.77. The molecule has 6 rings (SSSR count). The van der Waals surface area contributed by atoms with Crippen molar-refractivity contribution >= 4 is 0 Å². The second kappa shape index (κ2) is 18.3. The summed E-state index contributed by atoms with van der Waals surface area (Å²) in [6, 6.07) is 5.70. The van der Waals surface area contributed by atoms with Gasteiger partial charge in [-0.2, -0.15) is 0 Å². The molecule has 4 aliphatic rings. The van der Waals surface area contributed by atoms with Crippen LogP contribution in [0.25, 0.3) is 0 Å². The third kappa shape index (κ3) is 10.6. The van der Waals surface area contributed by atoms with E-state index in [1.54, 1.807) is 0 Å². The number of ether oxygens (including phenoxy) is 2. The molecule has 4 heterocycles. The van der Waals surface area contributed by atoms with Crippen molar-refractivity contribution < 1.29 is 9.47 Å². The van der Waals surface area contributed by atoms with Crippen molar-refractivity contribution in [2.24, 2.45) is 11.8 Å². The molecular weight excluding hydrogens is 544 g/mol. The molecule has 4 fully saturated rings. The lowest BCUT2D eigenvalue weighted by Gasteiger charge is -2.30. The van der Waals surface area contributed by atoms with Crippen LogP contribution in [0.15, 0.2) is 36.9 Å². The van der Waals surface area contributed by atoms with Crippen molar-refractivity contribution in [3.63, 3.8) is 0 Å². The van der Waals surface area contributed by atoms with E-state index in [1.807, 2.05) is 12.4 Å². The SMILES string of the molecule is Cc1ccncc1C1CCC(CCNC2CCOCC2)CC1.Cc1ccncc1C1CCC(CCNC2CCOCC2)CC1. The highest BCUT2D eigenvalue weighted by Gasteiger charge is 2.25. The highest BCUT2D eigenvalue weighted by atomic mass is 16.5. The average molecular weight is 605 g/mol. The molecule has 0 unspecified atom stereocenters. The number of nitrogens with one attached hydrogen (secondary N) is 2. The minimum atomic E-state index is 0.697. The van der Waals surface area contributed by atoms with E-state index in [-0.39, 0.29) is 0 Å². The molecule has 0 bridgehead atoms. The zero-order valence-corrected chi connectivity index (χ0v) is 27.8. The second-order valence-electron chi connectivity index (χ2n) is 14.2. The number of nitrogens with zero attached hydrogens (tertiary/aromatic N) is 2. The molecule has 244 valence electrons. The van der Waals surface area contributed by atoms with E-state index in [0.29, 0.717) is 12.1 Å². The van der Waals surface area contributed by atoms with Crippen molar-refractivity contribution in [3.05, 3.63) is 59.2 Å². The van der Waals surface area contributed by atoms with Gasteiger partial charge in [-0.1, -0.05) is 0 Å². The highest BCUT2D eigenvalue weighted by molar-refractivity contribution is 5.26. The van der Waals surface area contributed by atoms with E-state index >= 15 is 0 Å². The van der Waals surface area contributed by atoms with Crippen LogP contribution in [-0.2, 0) is 9.47 Å². The van der Waals surface area contributed by atoms with Gasteiger partial charge >= 0.3 is 0 Å². The van der Waals surface area contributed by atoms with E-state index in [0.717, 1.165) is 50.1 Å². The van der Waals surface area contributed by atoms with Crippen LogP contribution in [0.4, 0.5) is 0 Å². The van der Waals surface area contributed by atoms with Crippen LogP contribution in [0.1, 0.15) is 124 Å². The van der Waals surface area contributed by atoms with Crippen molar-refractivity contribution in [2.75, 3.05) is 39.5 Å². The summed E-state index contributed by atoms with van der Waals surface area (Å²) in [6.07, 6.45) is 26.3. The standard InChI is InChI=1S/2C19H30N2O/c2*1-15-6-10-20-14-19(15)17-4-2-16(3-5-17)7-11-21-18-8-12-22-13-9-18/h2*6,10,14,16-18,21H,2-5,7-9,11-13H2,1H3. The number of pyridine rings is 2. The van der Waals surface area contributed by atoms with Crippen molar-refractivity contribution in [2.45, 2.75) is 128 Å². The number of hydrogen-bond acceptors (Lipinski definition) is 6. The Morgan fingerprint density at radius 1 is 0.568 bits per heavy atom. The number of aromatic nitrogens is 2. The monoisotopic (exact) mass is 604 g/mol. The third-order valence-corrected chi connectivity index (χ3v) is 11.1. The van der Waals surface area contributed by atoms with Gasteiger partial charge in [0.2, 0.25) is 0 Å². The molecule has 2 aromatic heterocycles. The summed E-state index contributed by atoms with van der Waals surface area (Å²) in [7, 11) is 0. The quantitative estimate of drug-likeness (QED) is 0.290. The molecule has 0 radical (unpaired) electrons. The zero-order chi connectivity index (χ0) is 30.4. The summed E-state index contributed by atoms with van der Waals surface area (Å²) in [5.74, 6) is 3.32. The first-order valence-electron chi connectivity index (χ1n) is 18.1. The Hall–Kier alpha value is -1.86. The van der Waals surface area contributed by atoms with E-state index in [1.165, 1.54) is 125 Å². The molecule has 0 atom stereocenters. The Balaban J connectivity index is 0.000000175. The number of rotatable bonds is 10. The fraction of sp³-hybridized carbons (Fsp3) is 0.737. The molecule has 2 aromatic rings. The summed E-state index contributed by atoms with van der Waals surface area (Å²) in [6.45, 7) is 10.6. The van der Waals surface area contributed by atoms with Crippen LogP contribution >= 0.6 is 0 Å². The van der Waals surface area contributed by atoms with E-state index in [4.69, 9.17) is 9.47 Å². The number of hydrogen-bond donors (Lipinski definition) is 2. The Kier molecular flexibility index (Phi) is 14.0. The predicted octanol–water partition coefficient (Wildman–Crippen LogP) is 7.65. The predicted molar refractivity (Wildman–Crippen MR) is 180 cm³/mol. The maximum Gasteiger partial charge on any atom is 0.0480 e. The smallest absolute Gasteiger partial charge is 0.0480 e. The van der Waals surface area contributed by atoms with Gasteiger partial charge in [0, 0.05) is 63.3 Å². The highest BCUT2D eigenvalue weighted by Crippen LogP contribution is 2.39. The largest absolute Gasteiger partial charge is 0.381 e. The maximum atomic E-state index is 5.41. The van der Waals surface area contributed by atoms with Gasteiger partial charge in [0.1, 0.15) is 0 Å². The second-order valence-corrected chi connectivity index (χ2v) is 14.2. The molecule has 44 heavy (non-hydrogen) atoms. The van der Waals surface area contributed by atoms with Crippen molar-refractivity contribution in [1.82, 2.24) is 20.6 Å². The Labute approximate surface area is 267 Å². The molecule has 2 aliphatic heterocycles. The summed E-state index contributed by atoms with van der Waals surface area (Å²) in [5, 5.41) is 7.46. The maximum absolute atomic E-state index is 5.41. The molecule has 0 aromatic carbocycles. The van der Waals surface area contributed by atoms with Gasteiger partial charge in [0.25, 0.3) is 0 Å². The average Bonchev–Trinajstić information content (AvgIpc) is 3.07. The van der Waals surface area contributed by atoms with Gasteiger partial charge in [0.05, 0.1) is 0 Å². The molecular formula is C38H60N4O2. The Morgan fingerprint density at radius 2 is 0.955 bits per heavy atom. The first kappa shape index (κ1) is 33.5. The van der Waals surface area contributed by atoms with Crippen molar-refractivity contribution in [1.29, 1.82) is 0 Å². The van der Waals surface area contributed by atoms with E-state index < -0.39 is 0 Å². The van der Waals surface area contributed by atoms with Gasteiger partial charge in [-0.25, -0.2) is 0 Å². The van der Waals surface area contributed by atoms with Gasteiger partial charge in [-0.05, 0) is 175 Å². The molecule has 2 N–H and O–H groups in total. The van der Waals surface area contributed by atoms with Crippen LogP contribution in [-0.4, -0.2) is 61.6 Å². The lowest BCUT2D eigenvalue weighted by Crippen LogP contribution is -2.36. The topological polar surface area (TPSA) is 68.3 Å². The summed E-state index contributed by atoms with van der Waals surface area (Å²) < 4.78 is 10.8. The summed E-state index contributed by atoms with van der Waals surface area (Å²) in [5.41, 5.74) is 5.81. The van der Waals surface area contributed by atoms with E-state index in [2.05, 4.69) is 59.0 Å². The molecule has 2 saturated heterocycles. The first-order valence-corrected chi connectivity index (χ1v) is 18.1. The minimum absolute atomic E-state index is 0.697. The Bertz CT molecular complexity index is 983. The Morgan fingerprint density at radius 3 is 1.32 bits per heavy atom. The van der Waals surface area contributed by atoms with Gasteiger partial charge in [-0.3, -0.25) is 9.97 Å². The molecule has 2 aliphatic carbocycles. The van der Waals surface area contributed by atoms with Gasteiger partial charge in [-0.15, -0.1) is 0 Å². The van der Waals surface area contributed by atoms with Crippen LogP contribution in [0.2, 0.25) is 0 Å². The summed E-state index contributed by atoms with van der Waals surface area (Å²) >= 11 is 0. The lowest BCUT2D eigenvalue weighted by molar-refractivity contribution is 0.0773. The molecule has 6 heteroatoms. The zero-order valence-electron chi connectivity index (χ0n) is 27.8. The van der Waals surface area contributed by atoms with Crippen LogP contribution in [0.5, 0.6) is 0 Å². The molecule has 2 saturated carbocycles. The van der Waals surface area contributed by atoms with Gasteiger partial charge < -0.3 is 20.1 Å². The fourth-order valence-corrected chi connectivity index (χ4v) is 8.12. The van der Waals surface area contributed by atoms with E-state index in [9.17, 15) is 0 Å². The first-order chi connectivity index (χ1) is 21.7. The molecule has 6 nitrogen and oxygen atoms in total. The van der Waals surface area contributed by atoms with Crippen LogP contribution < -0.4 is 10.6 Å². The third-order valence-electron chi connectivity index (χ3n) is 11.1. The number of aryl methyl sites for hydroxylation is 2. The summed E-state index contributed by atoms with van der Waals surface area (Å²) in [4.78, 5) is 8.64. The van der Waals surface area contributed by atoms with Crippen molar-refractivity contribution in [3.8, 4) is 0 Å². The van der Waals surface area contributed by atoms with Gasteiger partial charge in [0.15, 0.2) is 0 Å². The van der Waals surface area contributed by atoms with Crippen LogP contribution in [0, 0.1) is 25.7 Å². The normalized spacial score (nSPS) is 27.0.